The van der Waals surface area contributed by atoms with Gasteiger partial charge in [-0.2, -0.15) is 0 Å². The molecule has 0 aromatic carbocycles. The fraction of sp³-hybridized carbons (Fsp3) is 0.684. The van der Waals surface area contributed by atoms with Crippen LogP contribution in [-0.4, -0.2) is 49.8 Å². The van der Waals surface area contributed by atoms with Gasteiger partial charge in [-0.05, 0) is 25.7 Å². The van der Waals surface area contributed by atoms with Crippen molar-refractivity contribution in [2.75, 3.05) is 19.8 Å². The van der Waals surface area contributed by atoms with Crippen molar-refractivity contribution in [3.05, 3.63) is 12.2 Å². The third-order valence-electron chi connectivity index (χ3n) is 5.55. The molecule has 8 heteroatoms. The van der Waals surface area contributed by atoms with Crippen LogP contribution in [0.25, 0.3) is 0 Å². The van der Waals surface area contributed by atoms with Crippen LogP contribution >= 0.6 is 0 Å². The predicted molar refractivity (Wildman–Crippen MR) is 90.0 cm³/mol. The quantitative estimate of drug-likeness (QED) is 0.267. The molecule has 1 aliphatic heterocycles. The van der Waals surface area contributed by atoms with E-state index in [9.17, 15) is 19.2 Å². The summed E-state index contributed by atoms with van der Waals surface area (Å²) < 4.78 is 20.3. The Morgan fingerprint density at radius 3 is 2.52 bits per heavy atom. The molecule has 3 rings (SSSR count). The Hall–Kier alpha value is -2.38. The Morgan fingerprint density at radius 2 is 1.78 bits per heavy atom. The van der Waals surface area contributed by atoms with Gasteiger partial charge in [-0.1, -0.05) is 6.58 Å². The van der Waals surface area contributed by atoms with Crippen molar-refractivity contribution in [1.82, 2.24) is 0 Å². The van der Waals surface area contributed by atoms with E-state index in [1.54, 1.807) is 0 Å². The van der Waals surface area contributed by atoms with Crippen molar-refractivity contribution in [2.24, 2.45) is 23.7 Å². The summed E-state index contributed by atoms with van der Waals surface area (Å²) in [5.74, 6) is -1.23. The lowest BCUT2D eigenvalue weighted by molar-refractivity contribution is -0.159. The lowest BCUT2D eigenvalue weighted by atomic mass is 9.80. The van der Waals surface area contributed by atoms with E-state index in [1.807, 2.05) is 0 Å². The molecule has 3 fully saturated rings. The van der Waals surface area contributed by atoms with Crippen molar-refractivity contribution in [3.8, 4) is 0 Å². The number of carbonyl (C=O) groups is 4. The number of hydrogen-bond acceptors (Lipinski definition) is 8. The van der Waals surface area contributed by atoms with Crippen molar-refractivity contribution in [2.45, 2.75) is 38.7 Å². The van der Waals surface area contributed by atoms with E-state index < -0.39 is 17.9 Å². The highest BCUT2D eigenvalue weighted by Gasteiger charge is 2.60. The molecule has 0 N–H and O–H groups in total. The van der Waals surface area contributed by atoms with Crippen LogP contribution in [0.2, 0.25) is 0 Å². The topological polar surface area (TPSA) is 105 Å². The SMILES string of the molecule is C=C(C)C(=O)OCCOC(=O)CCC(=O)OC1CC2CC1C1C(=O)OCC21. The molecule has 148 valence electrons. The summed E-state index contributed by atoms with van der Waals surface area (Å²) in [6, 6.07) is 0. The summed E-state index contributed by atoms with van der Waals surface area (Å²) in [6.07, 6.45) is 1.19. The van der Waals surface area contributed by atoms with E-state index in [2.05, 4.69) is 6.58 Å². The van der Waals surface area contributed by atoms with Gasteiger partial charge in [-0.15, -0.1) is 0 Å². The molecular weight excluding hydrogens is 356 g/mol. The van der Waals surface area contributed by atoms with Gasteiger partial charge >= 0.3 is 23.9 Å². The second-order valence-electron chi connectivity index (χ2n) is 7.38. The van der Waals surface area contributed by atoms with Crippen molar-refractivity contribution in [3.63, 3.8) is 0 Å². The average Bonchev–Trinajstić information content (AvgIpc) is 3.29. The summed E-state index contributed by atoms with van der Waals surface area (Å²) in [5, 5.41) is 0. The Labute approximate surface area is 157 Å². The van der Waals surface area contributed by atoms with E-state index in [4.69, 9.17) is 18.9 Å². The maximum atomic E-state index is 12.0. The molecule has 5 unspecified atom stereocenters. The fourth-order valence-electron chi connectivity index (χ4n) is 4.33. The number of carbonyl (C=O) groups excluding carboxylic acids is 4. The average molecular weight is 380 g/mol. The van der Waals surface area contributed by atoms with Gasteiger partial charge in [-0.3, -0.25) is 14.4 Å². The first-order chi connectivity index (χ1) is 12.9. The molecule has 0 spiro atoms. The zero-order chi connectivity index (χ0) is 19.6. The van der Waals surface area contributed by atoms with E-state index >= 15 is 0 Å². The van der Waals surface area contributed by atoms with Crippen molar-refractivity contribution < 1.29 is 38.1 Å². The monoisotopic (exact) mass is 380 g/mol. The Morgan fingerprint density at radius 1 is 1.07 bits per heavy atom. The third-order valence-corrected chi connectivity index (χ3v) is 5.55. The summed E-state index contributed by atoms with van der Waals surface area (Å²) in [7, 11) is 0. The highest BCUT2D eigenvalue weighted by Crippen LogP contribution is 2.56. The number of cyclic esters (lactones) is 1. The fourth-order valence-corrected chi connectivity index (χ4v) is 4.33. The van der Waals surface area contributed by atoms with Gasteiger partial charge in [0.1, 0.15) is 19.3 Å². The first-order valence-corrected chi connectivity index (χ1v) is 9.21. The summed E-state index contributed by atoms with van der Waals surface area (Å²) >= 11 is 0. The molecule has 0 aromatic rings. The molecule has 8 nitrogen and oxygen atoms in total. The first kappa shape index (κ1) is 19.4. The Balaban J connectivity index is 1.32. The minimum atomic E-state index is -0.564. The maximum absolute atomic E-state index is 12.0. The second-order valence-corrected chi connectivity index (χ2v) is 7.38. The highest BCUT2D eigenvalue weighted by atomic mass is 16.6. The van der Waals surface area contributed by atoms with Crippen LogP contribution in [0.15, 0.2) is 12.2 Å². The molecule has 5 atom stereocenters. The molecule has 0 radical (unpaired) electrons. The van der Waals surface area contributed by atoms with Crippen molar-refractivity contribution >= 4 is 23.9 Å². The van der Waals surface area contributed by atoms with Crippen LogP contribution in [0.4, 0.5) is 0 Å². The molecule has 2 saturated carbocycles. The number of hydrogen-bond donors (Lipinski definition) is 0. The van der Waals surface area contributed by atoms with Crippen LogP contribution in [-0.2, 0) is 38.1 Å². The molecule has 0 amide bonds. The Kier molecular flexibility index (Phi) is 5.82. The molecular formula is C19H24O8. The molecule has 27 heavy (non-hydrogen) atoms. The molecule has 0 aromatic heterocycles. The van der Waals surface area contributed by atoms with Crippen LogP contribution in [0, 0.1) is 23.7 Å². The van der Waals surface area contributed by atoms with Gasteiger partial charge in [0.05, 0.1) is 25.4 Å². The minimum absolute atomic E-state index is 0.0360. The van der Waals surface area contributed by atoms with Gasteiger partial charge in [0.2, 0.25) is 0 Å². The van der Waals surface area contributed by atoms with E-state index in [-0.39, 0.29) is 61.5 Å². The molecule has 1 heterocycles. The number of esters is 4. The molecule has 1 saturated heterocycles. The Bertz CT molecular complexity index is 654. The zero-order valence-corrected chi connectivity index (χ0v) is 15.3. The predicted octanol–water partition coefficient (Wildman–Crippen LogP) is 1.17. The molecule has 2 bridgehead atoms. The van der Waals surface area contributed by atoms with Crippen LogP contribution in [0.1, 0.15) is 32.6 Å². The van der Waals surface area contributed by atoms with Crippen LogP contribution in [0.5, 0.6) is 0 Å². The van der Waals surface area contributed by atoms with Crippen LogP contribution in [0.3, 0.4) is 0 Å². The van der Waals surface area contributed by atoms with E-state index in [1.165, 1.54) is 6.92 Å². The largest absolute Gasteiger partial charge is 0.465 e. The lowest BCUT2D eigenvalue weighted by Crippen LogP contribution is -2.35. The summed E-state index contributed by atoms with van der Waals surface area (Å²) in [4.78, 5) is 46.7. The first-order valence-electron chi connectivity index (χ1n) is 9.21. The minimum Gasteiger partial charge on any atom is -0.465 e. The van der Waals surface area contributed by atoms with Crippen LogP contribution < -0.4 is 0 Å². The van der Waals surface area contributed by atoms with Gasteiger partial charge in [0, 0.05) is 17.4 Å². The smallest absolute Gasteiger partial charge is 0.333 e. The number of rotatable bonds is 8. The second kappa shape index (κ2) is 8.10. The summed E-state index contributed by atoms with van der Waals surface area (Å²) in [6.45, 7) is 5.30. The van der Waals surface area contributed by atoms with Gasteiger partial charge in [0.25, 0.3) is 0 Å². The maximum Gasteiger partial charge on any atom is 0.333 e. The van der Waals surface area contributed by atoms with E-state index in [0.717, 1.165) is 12.8 Å². The zero-order valence-electron chi connectivity index (χ0n) is 15.3. The van der Waals surface area contributed by atoms with Gasteiger partial charge < -0.3 is 18.9 Å². The van der Waals surface area contributed by atoms with E-state index in [0.29, 0.717) is 12.5 Å². The normalized spacial score (nSPS) is 30.4. The number of ether oxygens (including phenoxy) is 4. The number of fused-ring (bicyclic) bond motifs is 5. The highest BCUT2D eigenvalue weighted by molar-refractivity contribution is 5.86. The lowest BCUT2D eigenvalue weighted by Gasteiger charge is -2.28. The molecule has 3 aliphatic rings. The van der Waals surface area contributed by atoms with Gasteiger partial charge in [0.15, 0.2) is 0 Å². The third kappa shape index (κ3) is 4.31. The van der Waals surface area contributed by atoms with Gasteiger partial charge in [-0.25, -0.2) is 4.79 Å². The van der Waals surface area contributed by atoms with Crippen molar-refractivity contribution in [1.29, 1.82) is 0 Å². The standard InChI is InChI=1S/C19H24O8/c1-10(2)18(22)25-6-5-24-15(20)3-4-16(21)27-14-8-11-7-12(14)17-13(11)9-26-19(17)23/h11-14,17H,1,3-9H2,2H3. The summed E-state index contributed by atoms with van der Waals surface area (Å²) in [5.41, 5.74) is 0.266. The molecule has 2 aliphatic carbocycles.